The van der Waals surface area contributed by atoms with E-state index in [-0.39, 0.29) is 25.0 Å². The molecule has 29 heavy (non-hydrogen) atoms. The Balaban J connectivity index is 1.82. The van der Waals surface area contributed by atoms with E-state index in [1.54, 1.807) is 36.4 Å². The Morgan fingerprint density at radius 2 is 1.00 bits per heavy atom. The van der Waals surface area contributed by atoms with Crippen LogP contribution in [0.5, 0.6) is 23.0 Å². The van der Waals surface area contributed by atoms with E-state index in [2.05, 4.69) is 0 Å². The van der Waals surface area contributed by atoms with E-state index < -0.39 is 11.9 Å². The molecule has 0 radical (unpaired) electrons. The summed E-state index contributed by atoms with van der Waals surface area (Å²) in [6.45, 7) is 7.59. The predicted octanol–water partition coefficient (Wildman–Crippen LogP) is 4.94. The van der Waals surface area contributed by atoms with Gasteiger partial charge in [-0.2, -0.15) is 0 Å². The Kier molecular flexibility index (Phi) is 8.52. The maximum atomic E-state index is 12.1. The zero-order valence-electron chi connectivity index (χ0n) is 17.3. The lowest BCUT2D eigenvalue weighted by atomic mass is 10.2. The molecule has 6 nitrogen and oxygen atoms in total. The van der Waals surface area contributed by atoms with Gasteiger partial charge in [-0.15, -0.1) is 0 Å². The molecule has 0 unspecified atom stereocenters. The van der Waals surface area contributed by atoms with Gasteiger partial charge in [-0.25, -0.2) is 0 Å². The molecule has 0 heterocycles. The lowest BCUT2D eigenvalue weighted by Crippen LogP contribution is -2.14. The highest BCUT2D eigenvalue weighted by molar-refractivity contribution is 5.76. The quantitative estimate of drug-likeness (QED) is 0.415. The van der Waals surface area contributed by atoms with E-state index in [0.717, 1.165) is 0 Å². The zero-order valence-corrected chi connectivity index (χ0v) is 17.3. The van der Waals surface area contributed by atoms with E-state index in [4.69, 9.17) is 18.9 Å². The minimum Gasteiger partial charge on any atom is -0.487 e. The Morgan fingerprint density at radius 3 is 1.34 bits per heavy atom. The average Bonchev–Trinajstić information content (AvgIpc) is 2.64. The Hall–Kier alpha value is -3.02. The highest BCUT2D eigenvalue weighted by Gasteiger charge is 2.14. The monoisotopic (exact) mass is 400 g/mol. The molecule has 0 aromatic heterocycles. The number of ether oxygens (including phenoxy) is 4. The number of carbonyl (C=O) groups excluding carboxylic acids is 2. The van der Waals surface area contributed by atoms with Gasteiger partial charge in [0.2, 0.25) is 0 Å². The predicted molar refractivity (Wildman–Crippen MR) is 110 cm³/mol. The molecule has 6 heteroatoms. The molecule has 0 aliphatic rings. The molecule has 156 valence electrons. The second-order valence-corrected chi connectivity index (χ2v) is 7.03. The van der Waals surface area contributed by atoms with Crippen molar-refractivity contribution >= 4 is 11.9 Å². The maximum absolute atomic E-state index is 12.1. The van der Waals surface area contributed by atoms with Gasteiger partial charge in [-0.3, -0.25) is 9.59 Å². The average molecular weight is 400 g/mol. The maximum Gasteiger partial charge on any atom is 0.311 e. The van der Waals surface area contributed by atoms with Gasteiger partial charge in [0.1, 0.15) is 0 Å². The van der Waals surface area contributed by atoms with Gasteiger partial charge in [-0.1, -0.05) is 24.3 Å². The minimum atomic E-state index is -0.429. The molecule has 0 saturated heterocycles. The van der Waals surface area contributed by atoms with E-state index in [9.17, 15) is 9.59 Å². The molecule has 0 aliphatic carbocycles. The first kappa shape index (κ1) is 22.3. The fourth-order valence-corrected chi connectivity index (χ4v) is 2.50. The summed E-state index contributed by atoms with van der Waals surface area (Å²) in [4.78, 5) is 24.2. The molecule has 0 amide bonds. The molecule has 2 aromatic rings. The third-order valence-electron chi connectivity index (χ3n) is 3.63. The largest absolute Gasteiger partial charge is 0.487 e. The molecule has 0 saturated carbocycles. The van der Waals surface area contributed by atoms with Crippen molar-refractivity contribution in [2.24, 2.45) is 0 Å². The molecule has 0 atom stereocenters. The fraction of sp³-hybridized carbons (Fsp3) is 0.391. The van der Waals surface area contributed by atoms with Crippen LogP contribution in [0.3, 0.4) is 0 Å². The van der Waals surface area contributed by atoms with E-state index >= 15 is 0 Å². The van der Waals surface area contributed by atoms with Gasteiger partial charge < -0.3 is 18.9 Å². The van der Waals surface area contributed by atoms with Crippen molar-refractivity contribution in [3.63, 3.8) is 0 Å². The first-order valence-corrected chi connectivity index (χ1v) is 9.78. The number of carbonyl (C=O) groups is 2. The summed E-state index contributed by atoms with van der Waals surface area (Å²) in [5, 5.41) is 0. The van der Waals surface area contributed by atoms with Crippen molar-refractivity contribution in [2.45, 2.75) is 59.2 Å². The molecule has 0 spiro atoms. The summed E-state index contributed by atoms with van der Waals surface area (Å²) in [6.07, 6.45) is 0.433. The van der Waals surface area contributed by atoms with Crippen molar-refractivity contribution in [1.29, 1.82) is 0 Å². The summed E-state index contributed by atoms with van der Waals surface area (Å²) >= 11 is 0. The molecule has 0 bridgehead atoms. The smallest absolute Gasteiger partial charge is 0.311 e. The van der Waals surface area contributed by atoms with Crippen LogP contribution in [-0.4, -0.2) is 24.1 Å². The molecule has 0 fully saturated rings. The van der Waals surface area contributed by atoms with Crippen molar-refractivity contribution < 1.29 is 28.5 Å². The SMILES string of the molecule is CC(C)Oc1ccccc1OC(=O)CCCC(=O)Oc1ccccc1OC(C)C. The number of hydrogen-bond acceptors (Lipinski definition) is 6. The molecule has 2 rings (SSSR count). The van der Waals surface area contributed by atoms with Gasteiger partial charge in [0.25, 0.3) is 0 Å². The van der Waals surface area contributed by atoms with E-state index in [1.807, 2.05) is 39.8 Å². The van der Waals surface area contributed by atoms with Crippen molar-refractivity contribution in [3.05, 3.63) is 48.5 Å². The summed E-state index contributed by atoms with van der Waals surface area (Å²) in [7, 11) is 0. The van der Waals surface area contributed by atoms with Crippen LogP contribution < -0.4 is 18.9 Å². The van der Waals surface area contributed by atoms with Gasteiger partial charge >= 0.3 is 11.9 Å². The van der Waals surface area contributed by atoms with Crippen LogP contribution in [0.2, 0.25) is 0 Å². The lowest BCUT2D eigenvalue weighted by molar-refractivity contribution is -0.136. The molecule has 0 N–H and O–H groups in total. The standard InChI is InChI=1S/C23H28O6/c1-16(2)26-18-10-5-7-12-20(18)28-22(24)14-9-15-23(25)29-21-13-8-6-11-19(21)27-17(3)4/h5-8,10-13,16-17H,9,14-15H2,1-4H3. The summed E-state index contributed by atoms with van der Waals surface area (Å²) in [5.41, 5.74) is 0. The van der Waals surface area contributed by atoms with Crippen LogP contribution in [0.1, 0.15) is 47.0 Å². The second kappa shape index (κ2) is 11.1. The van der Waals surface area contributed by atoms with E-state index in [0.29, 0.717) is 29.4 Å². The van der Waals surface area contributed by atoms with Gasteiger partial charge in [-0.05, 0) is 58.4 Å². The highest BCUT2D eigenvalue weighted by Crippen LogP contribution is 2.29. The third-order valence-corrected chi connectivity index (χ3v) is 3.63. The number of rotatable bonds is 10. The second-order valence-electron chi connectivity index (χ2n) is 7.03. The highest BCUT2D eigenvalue weighted by atomic mass is 16.6. The molecular weight excluding hydrogens is 372 g/mol. The molecular formula is C23H28O6. The Morgan fingerprint density at radius 1 is 0.655 bits per heavy atom. The van der Waals surface area contributed by atoms with Gasteiger partial charge in [0.15, 0.2) is 23.0 Å². The topological polar surface area (TPSA) is 71.1 Å². The number of esters is 2. The zero-order chi connectivity index (χ0) is 21.2. The first-order chi connectivity index (χ1) is 13.8. The summed E-state index contributed by atoms with van der Waals surface area (Å²) in [6, 6.07) is 14.0. The minimum absolute atomic E-state index is 0.0350. The van der Waals surface area contributed by atoms with Crippen LogP contribution in [0.4, 0.5) is 0 Å². The van der Waals surface area contributed by atoms with Crippen LogP contribution in [0.25, 0.3) is 0 Å². The third kappa shape index (κ3) is 7.86. The van der Waals surface area contributed by atoms with Crippen LogP contribution in [-0.2, 0) is 9.59 Å². The van der Waals surface area contributed by atoms with Crippen LogP contribution >= 0.6 is 0 Å². The van der Waals surface area contributed by atoms with E-state index in [1.165, 1.54) is 0 Å². The first-order valence-electron chi connectivity index (χ1n) is 9.78. The van der Waals surface area contributed by atoms with Crippen molar-refractivity contribution in [2.75, 3.05) is 0 Å². The normalized spacial score (nSPS) is 10.7. The Labute approximate surface area is 171 Å². The number of hydrogen-bond donors (Lipinski definition) is 0. The number of benzene rings is 2. The molecule has 0 aliphatic heterocycles. The summed E-state index contributed by atoms with van der Waals surface area (Å²) < 4.78 is 22.0. The Bertz CT molecular complexity index is 745. The van der Waals surface area contributed by atoms with Gasteiger partial charge in [0, 0.05) is 12.8 Å². The lowest BCUT2D eigenvalue weighted by Gasteiger charge is -2.14. The van der Waals surface area contributed by atoms with Crippen LogP contribution in [0.15, 0.2) is 48.5 Å². The van der Waals surface area contributed by atoms with Crippen molar-refractivity contribution in [1.82, 2.24) is 0 Å². The molecule has 2 aromatic carbocycles. The number of para-hydroxylation sites is 4. The van der Waals surface area contributed by atoms with Crippen LogP contribution in [0, 0.1) is 0 Å². The summed E-state index contributed by atoms with van der Waals surface area (Å²) in [5.74, 6) is 0.901. The van der Waals surface area contributed by atoms with Crippen molar-refractivity contribution in [3.8, 4) is 23.0 Å². The fourth-order valence-electron chi connectivity index (χ4n) is 2.50. The van der Waals surface area contributed by atoms with Gasteiger partial charge in [0.05, 0.1) is 12.2 Å².